The molecule has 0 aliphatic heterocycles. The molecule has 0 bridgehead atoms. The summed E-state index contributed by atoms with van der Waals surface area (Å²) in [7, 11) is -1.93. The number of rotatable bonds is 5. The fourth-order valence-electron chi connectivity index (χ4n) is 0.423. The SMILES string of the molecule is COCCS(=O)(=O)NOC(C)(C)C. The van der Waals surface area contributed by atoms with Crippen molar-refractivity contribution < 1.29 is 18.0 Å². The minimum Gasteiger partial charge on any atom is -0.384 e. The largest absolute Gasteiger partial charge is 0.384 e. The van der Waals surface area contributed by atoms with E-state index < -0.39 is 15.6 Å². The lowest BCUT2D eigenvalue weighted by Gasteiger charge is -2.18. The summed E-state index contributed by atoms with van der Waals surface area (Å²) in [4.78, 5) is 6.92. The molecule has 6 heteroatoms. The van der Waals surface area contributed by atoms with Crippen LogP contribution < -0.4 is 4.89 Å². The summed E-state index contributed by atoms with van der Waals surface area (Å²) in [5.41, 5.74) is -0.528. The van der Waals surface area contributed by atoms with Crippen molar-refractivity contribution in [3.05, 3.63) is 0 Å². The van der Waals surface area contributed by atoms with Gasteiger partial charge in [0.1, 0.15) is 0 Å². The molecule has 0 amide bonds. The number of nitrogens with one attached hydrogen (secondary N) is 1. The molecule has 0 radical (unpaired) electrons. The Morgan fingerprint density at radius 1 is 1.31 bits per heavy atom. The van der Waals surface area contributed by atoms with Crippen molar-refractivity contribution in [2.45, 2.75) is 26.4 Å². The second kappa shape index (κ2) is 4.90. The van der Waals surface area contributed by atoms with Gasteiger partial charge in [-0.25, -0.2) is 8.42 Å². The molecule has 0 saturated heterocycles. The highest BCUT2D eigenvalue weighted by molar-refractivity contribution is 7.89. The Kier molecular flexibility index (Phi) is 4.83. The molecule has 0 unspecified atom stereocenters. The fourth-order valence-corrected chi connectivity index (χ4v) is 1.27. The first-order chi connectivity index (χ1) is 5.77. The van der Waals surface area contributed by atoms with Gasteiger partial charge in [-0.15, -0.1) is 0 Å². The molecule has 0 rings (SSSR count). The molecule has 0 aromatic rings. The molecule has 0 aliphatic rings. The van der Waals surface area contributed by atoms with Gasteiger partial charge in [-0.1, -0.05) is 4.89 Å². The van der Waals surface area contributed by atoms with E-state index in [0.29, 0.717) is 0 Å². The van der Waals surface area contributed by atoms with Crippen LogP contribution in [0.1, 0.15) is 20.8 Å². The zero-order valence-corrected chi connectivity index (χ0v) is 9.27. The van der Waals surface area contributed by atoms with Crippen LogP contribution in [0.5, 0.6) is 0 Å². The Hall–Kier alpha value is -0.170. The molecule has 1 N–H and O–H groups in total. The molecule has 80 valence electrons. The number of hydrogen-bond acceptors (Lipinski definition) is 4. The second-order valence-electron chi connectivity index (χ2n) is 3.61. The third kappa shape index (κ3) is 8.17. The lowest BCUT2D eigenvalue weighted by molar-refractivity contribution is -0.0359. The lowest BCUT2D eigenvalue weighted by atomic mass is 10.2. The van der Waals surface area contributed by atoms with Crippen molar-refractivity contribution >= 4 is 10.0 Å². The Balaban J connectivity index is 3.91. The van der Waals surface area contributed by atoms with Gasteiger partial charge < -0.3 is 4.74 Å². The molecule has 0 aromatic heterocycles. The van der Waals surface area contributed by atoms with Gasteiger partial charge in [-0.05, 0) is 20.8 Å². The van der Waals surface area contributed by atoms with Crippen molar-refractivity contribution in [1.82, 2.24) is 4.89 Å². The molecule has 0 aliphatic carbocycles. The van der Waals surface area contributed by atoms with Gasteiger partial charge >= 0.3 is 0 Å². The average molecular weight is 211 g/mol. The first-order valence-corrected chi connectivity index (χ1v) is 5.58. The molecule has 0 aromatic carbocycles. The highest BCUT2D eigenvalue weighted by atomic mass is 32.2. The summed E-state index contributed by atoms with van der Waals surface area (Å²) in [5, 5.41) is 0. The summed E-state index contributed by atoms with van der Waals surface area (Å²) >= 11 is 0. The van der Waals surface area contributed by atoms with Gasteiger partial charge in [0.2, 0.25) is 10.0 Å². The Bertz CT molecular complexity index is 229. The van der Waals surface area contributed by atoms with Crippen molar-refractivity contribution in [3.8, 4) is 0 Å². The van der Waals surface area contributed by atoms with E-state index in [2.05, 4.69) is 4.74 Å². The van der Waals surface area contributed by atoms with E-state index in [1.54, 1.807) is 20.8 Å². The molecule has 0 saturated carbocycles. The highest BCUT2D eigenvalue weighted by Crippen LogP contribution is 2.04. The first-order valence-electron chi connectivity index (χ1n) is 3.93. The maximum Gasteiger partial charge on any atom is 0.235 e. The van der Waals surface area contributed by atoms with E-state index in [1.165, 1.54) is 7.11 Å². The molecule has 5 nitrogen and oxygen atoms in total. The maximum absolute atomic E-state index is 11.1. The zero-order chi connectivity index (χ0) is 10.5. The summed E-state index contributed by atoms with van der Waals surface area (Å²) < 4.78 is 26.9. The molecule has 0 fully saturated rings. The van der Waals surface area contributed by atoms with E-state index in [4.69, 9.17) is 4.84 Å². The Morgan fingerprint density at radius 3 is 2.23 bits per heavy atom. The minimum absolute atomic E-state index is 0.0976. The molecule has 0 atom stereocenters. The number of ether oxygens (including phenoxy) is 1. The number of sulfonamides is 1. The first kappa shape index (κ1) is 12.8. The van der Waals surface area contributed by atoms with Crippen molar-refractivity contribution in [2.75, 3.05) is 19.5 Å². The van der Waals surface area contributed by atoms with Crippen LogP contribution in [0.25, 0.3) is 0 Å². The summed E-state index contributed by atoms with van der Waals surface area (Å²) in [6.45, 7) is 5.42. The topological polar surface area (TPSA) is 64.6 Å². The van der Waals surface area contributed by atoms with Crippen LogP contribution in [0.3, 0.4) is 0 Å². The van der Waals surface area contributed by atoms with Gasteiger partial charge in [0, 0.05) is 7.11 Å². The van der Waals surface area contributed by atoms with Crippen LogP contribution >= 0.6 is 0 Å². The molecular weight excluding hydrogens is 194 g/mol. The predicted molar refractivity (Wildman–Crippen MR) is 49.6 cm³/mol. The van der Waals surface area contributed by atoms with Crippen molar-refractivity contribution in [2.24, 2.45) is 0 Å². The molecule has 13 heavy (non-hydrogen) atoms. The molecule has 0 heterocycles. The maximum atomic E-state index is 11.1. The third-order valence-electron chi connectivity index (χ3n) is 1.03. The van der Waals surface area contributed by atoms with E-state index in [9.17, 15) is 8.42 Å². The van der Waals surface area contributed by atoms with Crippen LogP contribution in [0, 0.1) is 0 Å². The normalized spacial score (nSPS) is 13.2. The van der Waals surface area contributed by atoms with Gasteiger partial charge in [0.25, 0.3) is 0 Å². The van der Waals surface area contributed by atoms with Crippen LogP contribution in [0.15, 0.2) is 0 Å². The fraction of sp³-hybridized carbons (Fsp3) is 1.00. The number of methoxy groups -OCH3 is 1. The van der Waals surface area contributed by atoms with Gasteiger partial charge in [-0.2, -0.15) is 0 Å². The van der Waals surface area contributed by atoms with Crippen LogP contribution in [0.2, 0.25) is 0 Å². The van der Waals surface area contributed by atoms with Gasteiger partial charge in [0.15, 0.2) is 0 Å². The highest BCUT2D eigenvalue weighted by Gasteiger charge is 2.16. The summed E-state index contributed by atoms with van der Waals surface area (Å²) in [6.07, 6.45) is 0. The average Bonchev–Trinajstić information content (AvgIpc) is 1.97. The van der Waals surface area contributed by atoms with Gasteiger partial charge in [0.05, 0.1) is 18.0 Å². The zero-order valence-electron chi connectivity index (χ0n) is 8.46. The second-order valence-corrected chi connectivity index (χ2v) is 5.41. The summed E-state index contributed by atoms with van der Waals surface area (Å²) in [5.74, 6) is -0.0976. The van der Waals surface area contributed by atoms with Crippen molar-refractivity contribution in [3.63, 3.8) is 0 Å². The van der Waals surface area contributed by atoms with Crippen molar-refractivity contribution in [1.29, 1.82) is 0 Å². The third-order valence-corrected chi connectivity index (χ3v) is 2.07. The van der Waals surface area contributed by atoms with Gasteiger partial charge in [-0.3, -0.25) is 4.84 Å². The van der Waals surface area contributed by atoms with E-state index in [1.807, 2.05) is 4.89 Å². The van der Waals surface area contributed by atoms with Crippen LogP contribution in [-0.2, 0) is 19.6 Å². The summed E-state index contributed by atoms with van der Waals surface area (Å²) in [6, 6.07) is 0. The monoisotopic (exact) mass is 211 g/mol. The van der Waals surface area contributed by atoms with Crippen LogP contribution in [0.4, 0.5) is 0 Å². The predicted octanol–water partition coefficient (Wildman–Crippen LogP) is 0.282. The molecule has 0 spiro atoms. The Labute approximate surface area is 79.4 Å². The van der Waals surface area contributed by atoms with E-state index >= 15 is 0 Å². The molecular formula is C7H17NO4S. The van der Waals surface area contributed by atoms with Crippen LogP contribution in [-0.4, -0.2) is 33.5 Å². The quantitative estimate of drug-likeness (QED) is 0.663. The standard InChI is InChI=1S/C7H17NO4S/c1-7(2,3)12-8-13(9,10)6-5-11-4/h8H,5-6H2,1-4H3. The van der Waals surface area contributed by atoms with E-state index in [0.717, 1.165) is 0 Å². The van der Waals surface area contributed by atoms with E-state index in [-0.39, 0.29) is 12.4 Å². The lowest BCUT2D eigenvalue weighted by Crippen LogP contribution is -2.35. The smallest absolute Gasteiger partial charge is 0.235 e. The number of hydrogen-bond donors (Lipinski definition) is 1. The Morgan fingerprint density at radius 2 is 1.85 bits per heavy atom. The minimum atomic E-state index is -3.37.